The minimum atomic E-state index is -0.0874. The molecule has 3 aromatic heterocycles. The van der Waals surface area contributed by atoms with E-state index in [1.165, 1.54) is 33.4 Å². The largest absolute Gasteiger partial charge is 0.440 e. The smallest absolute Gasteiger partial charge is 0.196 e. The van der Waals surface area contributed by atoms with Crippen molar-refractivity contribution in [2.24, 2.45) is 0 Å². The van der Waals surface area contributed by atoms with Crippen LogP contribution in [0.15, 0.2) is 25.8 Å². The van der Waals surface area contributed by atoms with Gasteiger partial charge in [0.15, 0.2) is 52.8 Å². The summed E-state index contributed by atoms with van der Waals surface area (Å²) in [6.45, 7) is 11.3. The zero-order valence-electron chi connectivity index (χ0n) is 16.9. The molecule has 0 unspecified atom stereocenters. The van der Waals surface area contributed by atoms with Crippen LogP contribution in [-0.2, 0) is 0 Å². The first-order chi connectivity index (χ1) is 13.0. The molecular weight excluding hydrogens is 366 g/mol. The highest BCUT2D eigenvalue weighted by molar-refractivity contribution is 5.92. The van der Waals surface area contributed by atoms with Crippen LogP contribution in [0.25, 0.3) is 0 Å². The number of hydrogen-bond donors (Lipinski definition) is 0. The summed E-state index contributed by atoms with van der Waals surface area (Å²) in [6, 6.07) is 0. The van der Waals surface area contributed by atoms with E-state index in [4.69, 9.17) is 13.3 Å². The third kappa shape index (κ3) is 6.75. The lowest BCUT2D eigenvalue weighted by Crippen LogP contribution is -1.90. The Labute approximate surface area is 162 Å². The molecule has 3 aromatic rings. The summed E-state index contributed by atoms with van der Waals surface area (Å²) in [7, 11) is 0. The van der Waals surface area contributed by atoms with Crippen LogP contribution in [-0.4, -0.2) is 32.3 Å². The maximum Gasteiger partial charge on any atom is 0.196 e. The van der Waals surface area contributed by atoms with Gasteiger partial charge in [0.1, 0.15) is 0 Å². The van der Waals surface area contributed by atoms with E-state index in [0.29, 0.717) is 40.5 Å². The molecule has 0 spiro atoms. The summed E-state index contributed by atoms with van der Waals surface area (Å²) in [6.07, 6.45) is 2.70. The summed E-state index contributed by atoms with van der Waals surface area (Å²) in [5.74, 6) is 1.89. The Hall–Kier alpha value is -3.36. The minimum Gasteiger partial charge on any atom is -0.440 e. The molecule has 0 aliphatic carbocycles. The number of Topliss-reactive ketones (excluding diaryl/α,β-unsaturated/α-hetero) is 3. The van der Waals surface area contributed by atoms with Gasteiger partial charge in [-0.25, -0.2) is 15.0 Å². The van der Waals surface area contributed by atoms with E-state index in [1.54, 1.807) is 27.7 Å². The number of aryl methyl sites for hydroxylation is 4. The second kappa shape index (κ2) is 10.1. The number of nitrogens with zero attached hydrogens (tertiary/aromatic N) is 3. The molecule has 0 saturated heterocycles. The number of ketones is 3. The molecule has 3 heterocycles. The van der Waals surface area contributed by atoms with Crippen LogP contribution in [0.5, 0.6) is 0 Å². The Morgan fingerprint density at radius 3 is 1.57 bits per heavy atom. The Kier molecular flexibility index (Phi) is 8.18. The van der Waals surface area contributed by atoms with E-state index < -0.39 is 0 Å². The van der Waals surface area contributed by atoms with Gasteiger partial charge in [-0.15, -0.1) is 0 Å². The maximum absolute atomic E-state index is 10.7. The molecule has 9 nitrogen and oxygen atoms in total. The average molecular weight is 389 g/mol. The third-order valence-electron chi connectivity index (χ3n) is 3.26. The van der Waals surface area contributed by atoms with Crippen molar-refractivity contribution in [2.75, 3.05) is 0 Å². The fourth-order valence-electron chi connectivity index (χ4n) is 2.02. The predicted molar refractivity (Wildman–Crippen MR) is 98.5 cm³/mol. The number of oxazole rings is 3. The second-order valence-electron chi connectivity index (χ2n) is 5.83. The quantitative estimate of drug-likeness (QED) is 0.613. The molecule has 0 aliphatic heterocycles. The van der Waals surface area contributed by atoms with Crippen molar-refractivity contribution in [3.8, 4) is 0 Å². The first-order valence-corrected chi connectivity index (χ1v) is 8.32. The molecule has 0 atom stereocenters. The van der Waals surface area contributed by atoms with Gasteiger partial charge in [0, 0.05) is 34.6 Å². The van der Waals surface area contributed by atoms with Crippen molar-refractivity contribution >= 4 is 17.3 Å². The number of carbonyl (C=O) groups is 3. The molecule has 0 aliphatic rings. The fraction of sp³-hybridized carbons (Fsp3) is 0.368. The lowest BCUT2D eigenvalue weighted by Gasteiger charge is -1.85. The molecule has 0 fully saturated rings. The standard InChI is InChI=1S/C7H9NO2.2C6H7NO2/c1-4-7(5(2)9)10-6(3)8-4;1-4-6(5(2)8)9-3-7-4;1-4(8)6-3-7-5(2)9-6/h1-3H3;2*3H,1-2H3. The van der Waals surface area contributed by atoms with Gasteiger partial charge < -0.3 is 13.3 Å². The van der Waals surface area contributed by atoms with E-state index in [1.807, 2.05) is 0 Å². The number of rotatable bonds is 3. The second-order valence-corrected chi connectivity index (χ2v) is 5.83. The van der Waals surface area contributed by atoms with E-state index >= 15 is 0 Å². The van der Waals surface area contributed by atoms with E-state index in [0.717, 1.165) is 0 Å². The monoisotopic (exact) mass is 389 g/mol. The molecule has 0 aromatic carbocycles. The van der Waals surface area contributed by atoms with Crippen LogP contribution in [0.1, 0.15) is 75.6 Å². The van der Waals surface area contributed by atoms with E-state index in [-0.39, 0.29) is 17.3 Å². The van der Waals surface area contributed by atoms with Crippen LogP contribution in [0.4, 0.5) is 0 Å². The van der Waals surface area contributed by atoms with E-state index in [2.05, 4.69) is 15.0 Å². The van der Waals surface area contributed by atoms with Crippen LogP contribution in [0.3, 0.4) is 0 Å². The van der Waals surface area contributed by atoms with Gasteiger partial charge >= 0.3 is 0 Å². The van der Waals surface area contributed by atoms with Gasteiger partial charge in [0.25, 0.3) is 0 Å². The number of aromatic nitrogens is 3. The first-order valence-electron chi connectivity index (χ1n) is 8.32. The molecule has 0 amide bonds. The molecule has 0 saturated carbocycles. The molecule has 28 heavy (non-hydrogen) atoms. The van der Waals surface area contributed by atoms with Crippen molar-refractivity contribution in [1.82, 2.24) is 15.0 Å². The molecular formula is C19H23N3O6. The van der Waals surface area contributed by atoms with Crippen LogP contribution >= 0.6 is 0 Å². The zero-order chi connectivity index (χ0) is 21.4. The Morgan fingerprint density at radius 2 is 1.36 bits per heavy atom. The summed E-state index contributed by atoms with van der Waals surface area (Å²) in [5, 5.41) is 0. The Balaban J connectivity index is 0.000000210. The lowest BCUT2D eigenvalue weighted by molar-refractivity contribution is 0.0978. The Bertz CT molecular complexity index is 964. The molecule has 3 rings (SSSR count). The molecule has 0 radical (unpaired) electrons. The van der Waals surface area contributed by atoms with Gasteiger partial charge in [-0.2, -0.15) is 0 Å². The summed E-state index contributed by atoms with van der Waals surface area (Å²) in [4.78, 5) is 43.3. The number of carbonyl (C=O) groups excluding carboxylic acids is 3. The number of hydrogen-bond acceptors (Lipinski definition) is 9. The molecule has 9 heteroatoms. The molecule has 0 bridgehead atoms. The lowest BCUT2D eigenvalue weighted by atomic mass is 10.3. The van der Waals surface area contributed by atoms with Crippen molar-refractivity contribution in [1.29, 1.82) is 0 Å². The van der Waals surface area contributed by atoms with Crippen LogP contribution in [0, 0.1) is 27.7 Å². The highest BCUT2D eigenvalue weighted by Gasteiger charge is 2.10. The summed E-state index contributed by atoms with van der Waals surface area (Å²) < 4.78 is 14.7. The summed E-state index contributed by atoms with van der Waals surface area (Å²) in [5.41, 5.74) is 1.33. The average Bonchev–Trinajstić information content (AvgIpc) is 3.29. The predicted octanol–water partition coefficient (Wildman–Crippen LogP) is 3.87. The minimum absolute atomic E-state index is 0.0712. The Morgan fingerprint density at radius 1 is 0.750 bits per heavy atom. The molecule has 150 valence electrons. The highest BCUT2D eigenvalue weighted by Crippen LogP contribution is 2.09. The van der Waals surface area contributed by atoms with Crippen molar-refractivity contribution in [3.63, 3.8) is 0 Å². The SMILES string of the molecule is CC(=O)c1cnc(C)o1.CC(=O)c1oc(C)nc1C.CC(=O)c1ocnc1C. The topological polar surface area (TPSA) is 129 Å². The zero-order valence-corrected chi connectivity index (χ0v) is 16.9. The third-order valence-corrected chi connectivity index (χ3v) is 3.26. The highest BCUT2D eigenvalue weighted by atomic mass is 16.4. The normalized spacial score (nSPS) is 9.68. The van der Waals surface area contributed by atoms with Gasteiger partial charge in [-0.1, -0.05) is 0 Å². The fourth-order valence-corrected chi connectivity index (χ4v) is 2.02. The van der Waals surface area contributed by atoms with Crippen molar-refractivity contribution in [3.05, 3.63) is 53.0 Å². The van der Waals surface area contributed by atoms with Crippen LogP contribution in [0.2, 0.25) is 0 Å². The van der Waals surface area contributed by atoms with Gasteiger partial charge in [0.05, 0.1) is 17.6 Å². The van der Waals surface area contributed by atoms with E-state index in [9.17, 15) is 14.4 Å². The van der Waals surface area contributed by atoms with Crippen molar-refractivity contribution in [2.45, 2.75) is 48.5 Å². The van der Waals surface area contributed by atoms with Gasteiger partial charge in [-0.05, 0) is 13.8 Å². The van der Waals surface area contributed by atoms with Gasteiger partial charge in [-0.3, -0.25) is 14.4 Å². The first kappa shape index (κ1) is 22.7. The van der Waals surface area contributed by atoms with Crippen LogP contribution < -0.4 is 0 Å². The van der Waals surface area contributed by atoms with Crippen molar-refractivity contribution < 1.29 is 27.6 Å². The molecule has 0 N–H and O–H groups in total. The van der Waals surface area contributed by atoms with Gasteiger partial charge in [0.2, 0.25) is 0 Å². The maximum atomic E-state index is 10.7. The summed E-state index contributed by atoms with van der Waals surface area (Å²) >= 11 is 0.